The van der Waals surface area contributed by atoms with Crippen molar-refractivity contribution in [1.82, 2.24) is 0 Å². The van der Waals surface area contributed by atoms with E-state index in [9.17, 15) is 5.11 Å². The summed E-state index contributed by atoms with van der Waals surface area (Å²) in [7, 11) is 0. The zero-order valence-electron chi connectivity index (χ0n) is 8.20. The Morgan fingerprint density at radius 2 is 1.85 bits per heavy atom. The summed E-state index contributed by atoms with van der Waals surface area (Å²) in [5.41, 5.74) is 2.49. The highest BCUT2D eigenvalue weighted by Crippen LogP contribution is 2.43. The molecule has 0 amide bonds. The quantitative estimate of drug-likeness (QED) is 0.697. The number of hydrogen-bond acceptors (Lipinski definition) is 1. The fraction of sp³-hybridized carbons (Fsp3) is 0.500. The molecule has 70 valence electrons. The van der Waals surface area contributed by atoms with Gasteiger partial charge in [-0.15, -0.1) is 0 Å². The van der Waals surface area contributed by atoms with Gasteiger partial charge in [-0.25, -0.2) is 0 Å². The average molecular weight is 176 g/mol. The molecule has 0 spiro atoms. The maximum absolute atomic E-state index is 9.80. The molecule has 0 aromatic heterocycles. The van der Waals surface area contributed by atoms with Gasteiger partial charge in [-0.1, -0.05) is 38.1 Å². The second-order valence-corrected chi connectivity index (χ2v) is 4.23. The van der Waals surface area contributed by atoms with Gasteiger partial charge in [0, 0.05) is 0 Å². The van der Waals surface area contributed by atoms with Crippen LogP contribution in [0.25, 0.3) is 0 Å². The molecule has 0 saturated heterocycles. The van der Waals surface area contributed by atoms with Crippen molar-refractivity contribution < 1.29 is 5.11 Å². The van der Waals surface area contributed by atoms with Crippen molar-refractivity contribution in [3.63, 3.8) is 0 Å². The topological polar surface area (TPSA) is 20.2 Å². The molecule has 0 fully saturated rings. The van der Waals surface area contributed by atoms with Crippen molar-refractivity contribution in [2.75, 3.05) is 0 Å². The summed E-state index contributed by atoms with van der Waals surface area (Å²) in [4.78, 5) is 0. The second-order valence-electron chi connectivity index (χ2n) is 4.23. The smallest absolute Gasteiger partial charge is 0.0798 e. The van der Waals surface area contributed by atoms with E-state index in [4.69, 9.17) is 0 Å². The van der Waals surface area contributed by atoms with E-state index in [0.717, 1.165) is 12.0 Å². The maximum Gasteiger partial charge on any atom is 0.0798 e. The zero-order chi connectivity index (χ0) is 9.42. The van der Waals surface area contributed by atoms with E-state index < -0.39 is 0 Å². The molecule has 1 aliphatic rings. The standard InChI is InChI=1S/C12H16O/c1-8(2)11-7-12(13)10-6-4-3-5-9(10)11/h3-6,8,11-13H,7H2,1-2H3/t11-,12-/m0/s1. The lowest BCUT2D eigenvalue weighted by atomic mass is 9.90. The van der Waals surface area contributed by atoms with Crippen molar-refractivity contribution in [3.8, 4) is 0 Å². The normalized spacial score (nSPS) is 26.5. The van der Waals surface area contributed by atoms with E-state index in [0.29, 0.717) is 11.8 Å². The van der Waals surface area contributed by atoms with Gasteiger partial charge in [-0.3, -0.25) is 0 Å². The SMILES string of the molecule is CC(C)[C@@H]1C[C@H](O)c2ccccc21. The van der Waals surface area contributed by atoms with Crippen LogP contribution in [-0.4, -0.2) is 5.11 Å². The molecular formula is C12H16O. The van der Waals surface area contributed by atoms with E-state index in [-0.39, 0.29) is 6.10 Å². The Balaban J connectivity index is 2.41. The molecule has 1 nitrogen and oxygen atoms in total. The Hall–Kier alpha value is -0.820. The van der Waals surface area contributed by atoms with E-state index in [1.807, 2.05) is 12.1 Å². The van der Waals surface area contributed by atoms with Crippen LogP contribution in [0.1, 0.15) is 43.4 Å². The van der Waals surface area contributed by atoms with Gasteiger partial charge in [0.05, 0.1) is 6.10 Å². The summed E-state index contributed by atoms with van der Waals surface area (Å²) < 4.78 is 0. The van der Waals surface area contributed by atoms with Crippen LogP contribution in [-0.2, 0) is 0 Å². The first-order valence-electron chi connectivity index (χ1n) is 4.97. The van der Waals surface area contributed by atoms with Gasteiger partial charge >= 0.3 is 0 Å². The van der Waals surface area contributed by atoms with Crippen LogP contribution in [0.2, 0.25) is 0 Å². The molecule has 1 aromatic rings. The lowest BCUT2D eigenvalue weighted by Crippen LogP contribution is -2.02. The highest BCUT2D eigenvalue weighted by molar-refractivity contribution is 5.37. The molecule has 0 unspecified atom stereocenters. The van der Waals surface area contributed by atoms with Gasteiger partial charge in [0.2, 0.25) is 0 Å². The molecule has 13 heavy (non-hydrogen) atoms. The molecule has 0 saturated carbocycles. The Bertz CT molecular complexity index is 304. The minimum Gasteiger partial charge on any atom is -0.388 e. The maximum atomic E-state index is 9.80. The predicted molar refractivity (Wildman–Crippen MR) is 53.6 cm³/mol. The molecule has 2 atom stereocenters. The first-order chi connectivity index (χ1) is 6.20. The van der Waals surface area contributed by atoms with Gasteiger partial charge in [-0.2, -0.15) is 0 Å². The van der Waals surface area contributed by atoms with Gasteiger partial charge < -0.3 is 5.11 Å². The lowest BCUT2D eigenvalue weighted by molar-refractivity contribution is 0.167. The number of aliphatic hydroxyl groups is 1. The van der Waals surface area contributed by atoms with Crippen LogP contribution < -0.4 is 0 Å². The number of fused-ring (bicyclic) bond motifs is 1. The number of rotatable bonds is 1. The lowest BCUT2D eigenvalue weighted by Gasteiger charge is -2.14. The van der Waals surface area contributed by atoms with Crippen molar-refractivity contribution in [3.05, 3.63) is 35.4 Å². The van der Waals surface area contributed by atoms with Gasteiger partial charge in [0.1, 0.15) is 0 Å². The molecule has 1 N–H and O–H groups in total. The first-order valence-corrected chi connectivity index (χ1v) is 4.97. The second kappa shape index (κ2) is 3.15. The summed E-state index contributed by atoms with van der Waals surface area (Å²) in [5, 5.41) is 9.80. The summed E-state index contributed by atoms with van der Waals surface area (Å²) in [6, 6.07) is 8.26. The van der Waals surface area contributed by atoms with Crippen LogP contribution in [0, 0.1) is 5.92 Å². The van der Waals surface area contributed by atoms with Crippen molar-refractivity contribution in [2.24, 2.45) is 5.92 Å². The molecule has 0 radical (unpaired) electrons. The molecule has 0 bridgehead atoms. The Labute approximate surface area is 79.4 Å². The van der Waals surface area contributed by atoms with E-state index in [1.165, 1.54) is 5.56 Å². The monoisotopic (exact) mass is 176 g/mol. The van der Waals surface area contributed by atoms with Crippen LogP contribution >= 0.6 is 0 Å². The highest BCUT2D eigenvalue weighted by atomic mass is 16.3. The van der Waals surface area contributed by atoms with E-state index >= 15 is 0 Å². The van der Waals surface area contributed by atoms with Crippen molar-refractivity contribution in [2.45, 2.75) is 32.3 Å². The highest BCUT2D eigenvalue weighted by Gasteiger charge is 2.30. The zero-order valence-corrected chi connectivity index (χ0v) is 8.20. The first kappa shape index (κ1) is 8.76. The van der Waals surface area contributed by atoms with Gasteiger partial charge in [0.25, 0.3) is 0 Å². The Kier molecular flexibility index (Phi) is 2.12. The summed E-state index contributed by atoms with van der Waals surface area (Å²) in [6.45, 7) is 4.44. The third kappa shape index (κ3) is 1.37. The van der Waals surface area contributed by atoms with Crippen LogP contribution in [0.5, 0.6) is 0 Å². The number of aliphatic hydroxyl groups excluding tert-OH is 1. The molecule has 1 aromatic carbocycles. The van der Waals surface area contributed by atoms with Crippen LogP contribution in [0.15, 0.2) is 24.3 Å². The van der Waals surface area contributed by atoms with E-state index in [1.54, 1.807) is 0 Å². The van der Waals surface area contributed by atoms with Crippen LogP contribution in [0.3, 0.4) is 0 Å². The molecule has 1 heteroatoms. The molecule has 2 rings (SSSR count). The fourth-order valence-corrected chi connectivity index (χ4v) is 2.28. The van der Waals surface area contributed by atoms with E-state index in [2.05, 4.69) is 26.0 Å². The number of hydrogen-bond donors (Lipinski definition) is 1. The molecule has 0 aliphatic heterocycles. The fourth-order valence-electron chi connectivity index (χ4n) is 2.28. The average Bonchev–Trinajstić information content (AvgIpc) is 2.45. The minimum absolute atomic E-state index is 0.233. The molecule has 1 aliphatic carbocycles. The van der Waals surface area contributed by atoms with Crippen LogP contribution in [0.4, 0.5) is 0 Å². The number of benzene rings is 1. The molecular weight excluding hydrogens is 160 g/mol. The summed E-state index contributed by atoms with van der Waals surface area (Å²) in [6.07, 6.45) is 0.667. The van der Waals surface area contributed by atoms with Gasteiger partial charge in [-0.05, 0) is 29.4 Å². The Morgan fingerprint density at radius 3 is 2.46 bits per heavy atom. The summed E-state index contributed by atoms with van der Waals surface area (Å²) >= 11 is 0. The molecule has 0 heterocycles. The van der Waals surface area contributed by atoms with Crippen molar-refractivity contribution >= 4 is 0 Å². The predicted octanol–water partition coefficient (Wildman–Crippen LogP) is 2.86. The summed E-state index contributed by atoms with van der Waals surface area (Å²) in [5.74, 6) is 1.17. The Morgan fingerprint density at radius 1 is 1.23 bits per heavy atom. The van der Waals surface area contributed by atoms with Crippen molar-refractivity contribution in [1.29, 1.82) is 0 Å². The third-order valence-corrected chi connectivity index (χ3v) is 3.04. The third-order valence-electron chi connectivity index (χ3n) is 3.04. The minimum atomic E-state index is -0.233. The largest absolute Gasteiger partial charge is 0.388 e. The van der Waals surface area contributed by atoms with Gasteiger partial charge in [0.15, 0.2) is 0 Å².